The first kappa shape index (κ1) is 9.44. The minimum absolute atomic E-state index is 0.00292. The monoisotopic (exact) mass is 186 g/mol. The zero-order valence-corrected chi connectivity index (χ0v) is 8.04. The van der Waals surface area contributed by atoms with Crippen molar-refractivity contribution in [3.05, 3.63) is 0 Å². The Morgan fingerprint density at radius 1 is 0.769 bits per heavy atom. The van der Waals surface area contributed by atoms with E-state index in [9.17, 15) is 0 Å². The average molecular weight is 186 g/mol. The fourth-order valence-corrected chi connectivity index (χ4v) is 1.81. The molecule has 0 spiro atoms. The number of hydrogen-bond donors (Lipinski definition) is 0. The lowest BCUT2D eigenvalue weighted by Crippen LogP contribution is -2.31. The molecule has 0 saturated carbocycles. The molecule has 0 amide bonds. The molecule has 2 atom stereocenters. The van der Waals surface area contributed by atoms with Crippen molar-refractivity contribution < 1.29 is 14.2 Å². The van der Waals surface area contributed by atoms with Gasteiger partial charge in [-0.25, -0.2) is 0 Å². The molecular weight excluding hydrogens is 168 g/mol. The zero-order chi connectivity index (χ0) is 8.93. The maximum absolute atomic E-state index is 5.69. The standard InChI is InChI=1S/C10H18O3/c1-3-7-11-9(5-1)13-10-6-2-4-8-12-10/h9-10H,1-8H2/t9-,10+. The van der Waals surface area contributed by atoms with E-state index in [0.717, 1.165) is 26.1 Å². The van der Waals surface area contributed by atoms with Crippen LogP contribution in [0.1, 0.15) is 38.5 Å². The molecule has 13 heavy (non-hydrogen) atoms. The van der Waals surface area contributed by atoms with E-state index in [4.69, 9.17) is 14.2 Å². The number of rotatable bonds is 2. The molecule has 0 N–H and O–H groups in total. The van der Waals surface area contributed by atoms with Crippen LogP contribution in [0, 0.1) is 0 Å². The molecular formula is C10H18O3. The molecule has 2 rings (SSSR count). The predicted molar refractivity (Wildman–Crippen MR) is 48.3 cm³/mol. The van der Waals surface area contributed by atoms with Gasteiger partial charge in [0.1, 0.15) is 0 Å². The molecule has 0 aromatic rings. The van der Waals surface area contributed by atoms with E-state index in [-0.39, 0.29) is 12.6 Å². The summed E-state index contributed by atoms with van der Waals surface area (Å²) in [7, 11) is 0. The van der Waals surface area contributed by atoms with Crippen LogP contribution in [0.15, 0.2) is 0 Å². The summed E-state index contributed by atoms with van der Waals surface area (Å²) in [6, 6.07) is 0. The summed E-state index contributed by atoms with van der Waals surface area (Å²) in [5.74, 6) is 0. The van der Waals surface area contributed by atoms with Crippen molar-refractivity contribution in [3.8, 4) is 0 Å². The fourth-order valence-electron chi connectivity index (χ4n) is 1.81. The molecule has 3 nitrogen and oxygen atoms in total. The minimum atomic E-state index is -0.00292. The molecule has 0 unspecified atom stereocenters. The van der Waals surface area contributed by atoms with E-state index in [1.165, 1.54) is 25.7 Å². The second-order valence-corrected chi connectivity index (χ2v) is 3.73. The highest BCUT2D eigenvalue weighted by atomic mass is 16.8. The molecule has 0 aliphatic carbocycles. The van der Waals surface area contributed by atoms with Gasteiger partial charge in [-0.3, -0.25) is 0 Å². The minimum Gasteiger partial charge on any atom is -0.353 e. The highest BCUT2D eigenvalue weighted by molar-refractivity contribution is 4.58. The van der Waals surface area contributed by atoms with Crippen LogP contribution < -0.4 is 0 Å². The van der Waals surface area contributed by atoms with Crippen LogP contribution in [0.2, 0.25) is 0 Å². The third-order valence-corrected chi connectivity index (χ3v) is 2.58. The number of ether oxygens (including phenoxy) is 3. The van der Waals surface area contributed by atoms with E-state index >= 15 is 0 Å². The second kappa shape index (κ2) is 4.94. The van der Waals surface area contributed by atoms with Gasteiger partial charge in [-0.2, -0.15) is 0 Å². The van der Waals surface area contributed by atoms with Gasteiger partial charge in [0.2, 0.25) is 0 Å². The first-order chi connectivity index (χ1) is 6.45. The molecule has 0 aromatic carbocycles. The summed E-state index contributed by atoms with van der Waals surface area (Å²) in [6.07, 6.45) is 6.83. The van der Waals surface area contributed by atoms with Crippen molar-refractivity contribution in [2.75, 3.05) is 13.2 Å². The molecule has 2 aliphatic heterocycles. The van der Waals surface area contributed by atoms with Gasteiger partial charge in [-0.1, -0.05) is 0 Å². The van der Waals surface area contributed by atoms with Crippen molar-refractivity contribution >= 4 is 0 Å². The van der Waals surface area contributed by atoms with Gasteiger partial charge in [0.15, 0.2) is 12.6 Å². The Balaban J connectivity index is 1.69. The Morgan fingerprint density at radius 2 is 1.31 bits per heavy atom. The Morgan fingerprint density at radius 3 is 1.69 bits per heavy atom. The van der Waals surface area contributed by atoms with E-state index < -0.39 is 0 Å². The van der Waals surface area contributed by atoms with Crippen LogP contribution in [0.25, 0.3) is 0 Å². The second-order valence-electron chi connectivity index (χ2n) is 3.73. The van der Waals surface area contributed by atoms with Crippen LogP contribution in [0.5, 0.6) is 0 Å². The first-order valence-electron chi connectivity index (χ1n) is 5.34. The summed E-state index contributed by atoms with van der Waals surface area (Å²) in [4.78, 5) is 0. The Hall–Kier alpha value is -0.120. The smallest absolute Gasteiger partial charge is 0.160 e. The quantitative estimate of drug-likeness (QED) is 0.660. The van der Waals surface area contributed by atoms with Crippen LogP contribution in [-0.2, 0) is 14.2 Å². The Kier molecular flexibility index (Phi) is 3.58. The third-order valence-electron chi connectivity index (χ3n) is 2.58. The van der Waals surface area contributed by atoms with E-state index in [2.05, 4.69) is 0 Å². The highest BCUT2D eigenvalue weighted by Crippen LogP contribution is 2.20. The molecule has 0 aromatic heterocycles. The van der Waals surface area contributed by atoms with Crippen molar-refractivity contribution in [1.29, 1.82) is 0 Å². The van der Waals surface area contributed by atoms with E-state index in [1.54, 1.807) is 0 Å². The van der Waals surface area contributed by atoms with Gasteiger partial charge in [-0.05, 0) is 38.5 Å². The molecule has 0 bridgehead atoms. The lowest BCUT2D eigenvalue weighted by Gasteiger charge is -2.29. The maximum Gasteiger partial charge on any atom is 0.160 e. The van der Waals surface area contributed by atoms with Crippen molar-refractivity contribution in [1.82, 2.24) is 0 Å². The molecule has 2 aliphatic rings. The SMILES string of the molecule is C1CC[C@@H](O[C@H]2CCCCO2)OC1. The summed E-state index contributed by atoms with van der Waals surface area (Å²) < 4.78 is 16.6. The molecule has 76 valence electrons. The van der Waals surface area contributed by atoms with Crippen molar-refractivity contribution in [3.63, 3.8) is 0 Å². The van der Waals surface area contributed by atoms with Gasteiger partial charge < -0.3 is 14.2 Å². The number of hydrogen-bond acceptors (Lipinski definition) is 3. The topological polar surface area (TPSA) is 27.7 Å². The maximum atomic E-state index is 5.69. The molecule has 2 saturated heterocycles. The molecule has 0 radical (unpaired) electrons. The van der Waals surface area contributed by atoms with Gasteiger partial charge >= 0.3 is 0 Å². The average Bonchev–Trinajstić information content (AvgIpc) is 2.21. The van der Waals surface area contributed by atoms with Crippen LogP contribution >= 0.6 is 0 Å². The molecule has 3 heteroatoms. The van der Waals surface area contributed by atoms with Crippen molar-refractivity contribution in [2.24, 2.45) is 0 Å². The van der Waals surface area contributed by atoms with Crippen LogP contribution in [0.3, 0.4) is 0 Å². The Bertz CT molecular complexity index is 121. The van der Waals surface area contributed by atoms with E-state index in [0.29, 0.717) is 0 Å². The predicted octanol–water partition coefficient (Wildman–Crippen LogP) is 2.06. The molecule has 2 heterocycles. The Labute approximate surface area is 79.4 Å². The zero-order valence-electron chi connectivity index (χ0n) is 8.04. The normalized spacial score (nSPS) is 36.0. The van der Waals surface area contributed by atoms with Gasteiger partial charge in [-0.15, -0.1) is 0 Å². The third kappa shape index (κ3) is 2.93. The van der Waals surface area contributed by atoms with E-state index in [1.807, 2.05) is 0 Å². The lowest BCUT2D eigenvalue weighted by molar-refractivity contribution is -0.264. The summed E-state index contributed by atoms with van der Waals surface area (Å²) in [6.45, 7) is 1.69. The van der Waals surface area contributed by atoms with Crippen LogP contribution in [0.4, 0.5) is 0 Å². The van der Waals surface area contributed by atoms with Crippen LogP contribution in [-0.4, -0.2) is 25.8 Å². The fraction of sp³-hybridized carbons (Fsp3) is 1.00. The van der Waals surface area contributed by atoms with Gasteiger partial charge in [0.05, 0.1) is 0 Å². The highest BCUT2D eigenvalue weighted by Gasteiger charge is 2.21. The van der Waals surface area contributed by atoms with Gasteiger partial charge in [0, 0.05) is 13.2 Å². The summed E-state index contributed by atoms with van der Waals surface area (Å²) in [5.41, 5.74) is 0. The lowest BCUT2D eigenvalue weighted by atomic mass is 10.2. The molecule has 2 fully saturated rings. The van der Waals surface area contributed by atoms with Crippen molar-refractivity contribution in [2.45, 2.75) is 51.1 Å². The largest absolute Gasteiger partial charge is 0.353 e. The first-order valence-corrected chi connectivity index (χ1v) is 5.34. The summed E-state index contributed by atoms with van der Waals surface area (Å²) >= 11 is 0. The van der Waals surface area contributed by atoms with Gasteiger partial charge in [0.25, 0.3) is 0 Å². The summed E-state index contributed by atoms with van der Waals surface area (Å²) in [5, 5.41) is 0.